The number of aryl methyl sites for hydroxylation is 1. The van der Waals surface area contributed by atoms with Crippen molar-refractivity contribution in [3.63, 3.8) is 0 Å². The third-order valence-corrected chi connectivity index (χ3v) is 6.05. The Balaban J connectivity index is 1.36. The number of fused-ring (bicyclic) bond motifs is 2. The van der Waals surface area contributed by atoms with Crippen molar-refractivity contribution in [2.24, 2.45) is 0 Å². The van der Waals surface area contributed by atoms with Crippen molar-refractivity contribution in [1.82, 2.24) is 19.8 Å². The molecule has 0 radical (unpaired) electrons. The number of rotatable bonds is 4. The Hall–Kier alpha value is -1.73. The van der Waals surface area contributed by atoms with Gasteiger partial charge in [0.2, 0.25) is 5.91 Å². The number of carbonyl (C=O) groups excluding carboxylic acids is 1. The second kappa shape index (κ2) is 6.64. The number of carbonyl (C=O) groups is 1. The molecule has 7 heteroatoms. The molecular weight excluding hydrogens is 324 g/mol. The Labute approximate surface area is 144 Å². The second-order valence-corrected chi connectivity index (χ2v) is 7.59. The maximum absolute atomic E-state index is 12.3. The van der Waals surface area contributed by atoms with Crippen LogP contribution in [0.1, 0.15) is 32.1 Å². The maximum atomic E-state index is 12.3. The van der Waals surface area contributed by atoms with Gasteiger partial charge in [-0.3, -0.25) is 19.1 Å². The van der Waals surface area contributed by atoms with Gasteiger partial charge in [-0.25, -0.2) is 4.98 Å². The summed E-state index contributed by atoms with van der Waals surface area (Å²) >= 11 is 1.46. The predicted octanol–water partition coefficient (Wildman–Crippen LogP) is 1.59. The van der Waals surface area contributed by atoms with E-state index in [-0.39, 0.29) is 17.5 Å². The summed E-state index contributed by atoms with van der Waals surface area (Å²) in [5, 5.41) is 5.69. The summed E-state index contributed by atoms with van der Waals surface area (Å²) in [5.41, 5.74) is -0.0617. The predicted molar refractivity (Wildman–Crippen MR) is 94.3 cm³/mol. The summed E-state index contributed by atoms with van der Waals surface area (Å²) < 4.78 is 1.54. The van der Waals surface area contributed by atoms with Gasteiger partial charge in [-0.2, -0.15) is 0 Å². The van der Waals surface area contributed by atoms with Crippen LogP contribution >= 0.6 is 11.3 Å². The van der Waals surface area contributed by atoms with Crippen LogP contribution < -0.4 is 10.9 Å². The van der Waals surface area contributed by atoms with Crippen molar-refractivity contribution >= 4 is 27.5 Å². The number of nitrogens with zero attached hydrogens (tertiary/aromatic N) is 3. The van der Waals surface area contributed by atoms with E-state index < -0.39 is 0 Å². The summed E-state index contributed by atoms with van der Waals surface area (Å²) in [6, 6.07) is 2.57. The molecule has 2 aromatic rings. The molecule has 1 N–H and O–H groups in total. The molecule has 4 rings (SSSR count). The van der Waals surface area contributed by atoms with Crippen LogP contribution in [0, 0.1) is 0 Å². The van der Waals surface area contributed by atoms with E-state index in [2.05, 4.69) is 15.2 Å². The average molecular weight is 346 g/mol. The zero-order valence-corrected chi connectivity index (χ0v) is 14.4. The van der Waals surface area contributed by atoms with E-state index in [1.807, 2.05) is 5.38 Å². The smallest absolute Gasteiger partial charge is 0.262 e. The van der Waals surface area contributed by atoms with Crippen molar-refractivity contribution in [3.8, 4) is 0 Å². The lowest BCUT2D eigenvalue weighted by Crippen LogP contribution is -2.47. The van der Waals surface area contributed by atoms with Crippen LogP contribution in [0.4, 0.5) is 0 Å². The highest BCUT2D eigenvalue weighted by molar-refractivity contribution is 7.16. The first kappa shape index (κ1) is 15.8. The fraction of sp³-hybridized carbons (Fsp3) is 0.588. The highest BCUT2D eigenvalue weighted by Gasteiger charge is 2.35. The molecule has 2 saturated heterocycles. The Bertz CT molecular complexity index is 799. The van der Waals surface area contributed by atoms with E-state index in [1.54, 1.807) is 12.4 Å². The molecule has 2 aliphatic heterocycles. The summed E-state index contributed by atoms with van der Waals surface area (Å²) in [4.78, 5) is 32.2. The van der Waals surface area contributed by atoms with Crippen molar-refractivity contribution in [2.45, 2.75) is 50.7 Å². The maximum Gasteiger partial charge on any atom is 0.262 e. The molecule has 0 aliphatic carbocycles. The Morgan fingerprint density at radius 1 is 1.33 bits per heavy atom. The summed E-state index contributed by atoms with van der Waals surface area (Å²) in [7, 11) is 0. The fourth-order valence-electron chi connectivity index (χ4n) is 3.97. The highest BCUT2D eigenvalue weighted by atomic mass is 32.1. The van der Waals surface area contributed by atoms with Gasteiger partial charge < -0.3 is 5.32 Å². The third-order valence-electron chi connectivity index (χ3n) is 5.23. The summed E-state index contributed by atoms with van der Waals surface area (Å²) in [6.45, 7) is 2.64. The number of nitrogens with one attached hydrogen (secondary N) is 1. The number of amides is 1. The van der Waals surface area contributed by atoms with E-state index in [1.165, 1.54) is 41.7 Å². The van der Waals surface area contributed by atoms with Gasteiger partial charge in [-0.05, 0) is 37.3 Å². The molecule has 0 spiro atoms. The Kier molecular flexibility index (Phi) is 4.37. The molecule has 0 saturated carbocycles. The molecule has 0 unspecified atom stereocenters. The summed E-state index contributed by atoms with van der Waals surface area (Å²) in [6.07, 6.45) is 6.63. The van der Waals surface area contributed by atoms with Crippen molar-refractivity contribution < 1.29 is 4.79 Å². The zero-order chi connectivity index (χ0) is 16.5. The lowest BCUT2D eigenvalue weighted by Gasteiger charge is -2.32. The first-order chi connectivity index (χ1) is 11.7. The SMILES string of the molecule is O=C(CCn1cnc2sccc2c1=O)N[C@@H]1CCN2CCCC[C@@H]12. The molecule has 0 aromatic carbocycles. The van der Waals surface area contributed by atoms with Crippen LogP contribution in [0.2, 0.25) is 0 Å². The lowest BCUT2D eigenvalue weighted by molar-refractivity contribution is -0.122. The molecule has 2 atom stereocenters. The molecule has 2 fully saturated rings. The molecule has 6 nitrogen and oxygen atoms in total. The fourth-order valence-corrected chi connectivity index (χ4v) is 4.69. The lowest BCUT2D eigenvalue weighted by atomic mass is 9.99. The van der Waals surface area contributed by atoms with Crippen LogP contribution in [0.3, 0.4) is 0 Å². The van der Waals surface area contributed by atoms with Gasteiger partial charge in [0.15, 0.2) is 0 Å². The van der Waals surface area contributed by atoms with E-state index in [0.717, 1.165) is 17.8 Å². The number of thiophene rings is 1. The molecule has 128 valence electrons. The quantitative estimate of drug-likeness (QED) is 0.913. The Morgan fingerprint density at radius 3 is 3.17 bits per heavy atom. The first-order valence-electron chi connectivity index (χ1n) is 8.68. The van der Waals surface area contributed by atoms with Crippen LogP contribution in [-0.4, -0.2) is 45.5 Å². The van der Waals surface area contributed by atoms with Crippen LogP contribution in [-0.2, 0) is 11.3 Å². The van der Waals surface area contributed by atoms with E-state index in [9.17, 15) is 9.59 Å². The van der Waals surface area contributed by atoms with Gasteiger partial charge >= 0.3 is 0 Å². The topological polar surface area (TPSA) is 67.2 Å². The highest BCUT2D eigenvalue weighted by Crippen LogP contribution is 2.27. The normalized spacial score (nSPS) is 24.2. The molecular formula is C17H22N4O2S. The number of aromatic nitrogens is 2. The average Bonchev–Trinajstić information content (AvgIpc) is 3.22. The minimum atomic E-state index is -0.0617. The minimum Gasteiger partial charge on any atom is -0.352 e. The minimum absolute atomic E-state index is 0.0322. The summed E-state index contributed by atoms with van der Waals surface area (Å²) in [5.74, 6) is 0.0322. The van der Waals surface area contributed by atoms with Gasteiger partial charge in [0.05, 0.1) is 11.7 Å². The molecule has 4 heterocycles. The van der Waals surface area contributed by atoms with Gasteiger partial charge in [0, 0.05) is 31.6 Å². The molecule has 1 amide bonds. The third kappa shape index (κ3) is 2.98. The first-order valence-corrected chi connectivity index (χ1v) is 9.56. The molecule has 24 heavy (non-hydrogen) atoms. The van der Waals surface area contributed by atoms with E-state index in [0.29, 0.717) is 24.4 Å². The van der Waals surface area contributed by atoms with Gasteiger partial charge in [0.25, 0.3) is 5.56 Å². The largest absolute Gasteiger partial charge is 0.352 e. The Morgan fingerprint density at radius 2 is 2.25 bits per heavy atom. The molecule has 2 aromatic heterocycles. The number of hydrogen-bond acceptors (Lipinski definition) is 5. The monoisotopic (exact) mass is 346 g/mol. The van der Waals surface area contributed by atoms with Crippen LogP contribution in [0.15, 0.2) is 22.6 Å². The zero-order valence-electron chi connectivity index (χ0n) is 13.6. The number of hydrogen-bond donors (Lipinski definition) is 1. The van der Waals surface area contributed by atoms with Gasteiger partial charge in [-0.1, -0.05) is 6.42 Å². The van der Waals surface area contributed by atoms with Crippen LogP contribution in [0.25, 0.3) is 10.2 Å². The van der Waals surface area contributed by atoms with Gasteiger partial charge in [0.1, 0.15) is 4.83 Å². The standard InChI is InChI=1S/C17H22N4O2S/c22-15(19-13-4-8-20-7-2-1-3-14(13)20)5-9-21-11-18-16-12(17(21)23)6-10-24-16/h6,10-11,13-14H,1-5,7-9H2,(H,19,22)/t13-,14+/m1/s1. The van der Waals surface area contributed by atoms with Crippen LogP contribution in [0.5, 0.6) is 0 Å². The molecule has 0 bridgehead atoms. The van der Waals surface area contributed by atoms with Gasteiger partial charge in [-0.15, -0.1) is 11.3 Å². The van der Waals surface area contributed by atoms with E-state index in [4.69, 9.17) is 0 Å². The van der Waals surface area contributed by atoms with E-state index >= 15 is 0 Å². The van der Waals surface area contributed by atoms with Crippen molar-refractivity contribution in [1.29, 1.82) is 0 Å². The second-order valence-electron chi connectivity index (χ2n) is 6.69. The molecule has 2 aliphatic rings. The number of piperidine rings is 1. The van der Waals surface area contributed by atoms with Crippen molar-refractivity contribution in [3.05, 3.63) is 28.1 Å². The van der Waals surface area contributed by atoms with Crippen molar-refractivity contribution in [2.75, 3.05) is 13.1 Å².